The molecule has 9 nitrogen and oxygen atoms in total. The number of hydrogen-bond donors (Lipinski definition) is 1. The zero-order chi connectivity index (χ0) is 24.4. The average Bonchev–Trinajstić information content (AvgIpc) is 3.51. The van der Waals surface area contributed by atoms with Crippen molar-refractivity contribution in [2.24, 2.45) is 0 Å². The van der Waals surface area contributed by atoms with Crippen LogP contribution in [0.25, 0.3) is 5.82 Å². The highest BCUT2D eigenvalue weighted by molar-refractivity contribution is 7.89. The summed E-state index contributed by atoms with van der Waals surface area (Å²) in [6, 6.07) is 14.5. The van der Waals surface area contributed by atoms with Gasteiger partial charge in [-0.25, -0.2) is 23.4 Å². The van der Waals surface area contributed by atoms with Crippen molar-refractivity contribution in [3.8, 4) is 5.82 Å². The summed E-state index contributed by atoms with van der Waals surface area (Å²) in [4.78, 5) is 13.8. The molecule has 10 heteroatoms. The molecule has 3 aromatic heterocycles. The van der Waals surface area contributed by atoms with Gasteiger partial charge in [0.15, 0.2) is 5.82 Å². The Balaban J connectivity index is 1.39. The summed E-state index contributed by atoms with van der Waals surface area (Å²) < 4.78 is 29.2. The van der Waals surface area contributed by atoms with Crippen molar-refractivity contribution in [3.05, 3.63) is 83.6 Å². The van der Waals surface area contributed by atoms with Gasteiger partial charge in [-0.05, 0) is 62.6 Å². The first-order chi connectivity index (χ1) is 16.9. The van der Waals surface area contributed by atoms with E-state index in [-0.39, 0.29) is 0 Å². The fourth-order valence-electron chi connectivity index (χ4n) is 4.15. The van der Waals surface area contributed by atoms with Crippen LogP contribution in [0.2, 0.25) is 0 Å². The van der Waals surface area contributed by atoms with Gasteiger partial charge in [0, 0.05) is 37.5 Å². The highest BCUT2D eigenvalue weighted by Crippen LogP contribution is 2.25. The first-order valence-corrected chi connectivity index (χ1v) is 13.0. The molecule has 0 saturated carbocycles. The second-order valence-electron chi connectivity index (χ2n) is 8.58. The zero-order valence-corrected chi connectivity index (χ0v) is 20.5. The van der Waals surface area contributed by atoms with E-state index in [2.05, 4.69) is 25.4 Å². The van der Waals surface area contributed by atoms with E-state index in [1.807, 2.05) is 38.1 Å². The summed E-state index contributed by atoms with van der Waals surface area (Å²) in [5, 5.41) is 7.99. The standard InChI is InChI=1S/C25H27N7O2S/c1-18-19(2)30-32(24-10-3-4-12-27-24)25(18)29-22-11-13-26-23(28-22)17-20-8-7-9-21(16-20)35(33,34)31-14-5-6-15-31/h3-4,7-13,16H,5-6,14-15,17H2,1-2H3,(H,26,28,29). The minimum atomic E-state index is -3.47. The molecular formula is C25H27N7O2S. The number of aryl methyl sites for hydroxylation is 1. The Hall–Kier alpha value is -3.63. The van der Waals surface area contributed by atoms with Gasteiger partial charge in [-0.1, -0.05) is 18.2 Å². The van der Waals surface area contributed by atoms with Crippen molar-refractivity contribution in [2.75, 3.05) is 18.4 Å². The van der Waals surface area contributed by atoms with E-state index in [9.17, 15) is 8.42 Å². The smallest absolute Gasteiger partial charge is 0.243 e. The van der Waals surface area contributed by atoms with Gasteiger partial charge in [0.05, 0.1) is 10.6 Å². The quantitative estimate of drug-likeness (QED) is 0.421. The molecule has 0 amide bonds. The fraction of sp³-hybridized carbons (Fsp3) is 0.280. The molecule has 0 atom stereocenters. The molecule has 4 aromatic rings. The highest BCUT2D eigenvalue weighted by atomic mass is 32.2. The van der Waals surface area contributed by atoms with E-state index in [0.717, 1.165) is 35.5 Å². The van der Waals surface area contributed by atoms with E-state index in [1.165, 1.54) is 0 Å². The van der Waals surface area contributed by atoms with Crippen molar-refractivity contribution in [1.82, 2.24) is 29.0 Å². The van der Waals surface area contributed by atoms with Crippen molar-refractivity contribution in [1.29, 1.82) is 0 Å². The largest absolute Gasteiger partial charge is 0.324 e. The molecule has 0 unspecified atom stereocenters. The number of hydrogen-bond acceptors (Lipinski definition) is 7. The maximum Gasteiger partial charge on any atom is 0.243 e. The number of anilines is 2. The second kappa shape index (κ2) is 9.55. The molecule has 1 aliphatic rings. The Morgan fingerprint density at radius 2 is 1.80 bits per heavy atom. The van der Waals surface area contributed by atoms with Crippen LogP contribution in [0.5, 0.6) is 0 Å². The molecule has 180 valence electrons. The predicted octanol–water partition coefficient (Wildman–Crippen LogP) is 3.79. The van der Waals surface area contributed by atoms with E-state index in [0.29, 0.717) is 41.9 Å². The van der Waals surface area contributed by atoms with Crippen molar-refractivity contribution in [2.45, 2.75) is 38.0 Å². The number of pyridine rings is 1. The zero-order valence-electron chi connectivity index (χ0n) is 19.7. The van der Waals surface area contributed by atoms with Crippen LogP contribution in [0.15, 0.2) is 65.8 Å². The maximum atomic E-state index is 13.0. The Bertz CT molecular complexity index is 1450. The molecule has 0 radical (unpaired) electrons. The summed E-state index contributed by atoms with van der Waals surface area (Å²) in [7, 11) is -3.47. The van der Waals surface area contributed by atoms with Gasteiger partial charge < -0.3 is 5.32 Å². The van der Waals surface area contributed by atoms with Gasteiger partial charge in [-0.15, -0.1) is 0 Å². The van der Waals surface area contributed by atoms with Crippen LogP contribution in [0.4, 0.5) is 11.6 Å². The summed E-state index contributed by atoms with van der Waals surface area (Å²) in [5.74, 6) is 2.70. The molecule has 1 aliphatic heterocycles. The first kappa shape index (κ1) is 23.1. The van der Waals surface area contributed by atoms with Crippen molar-refractivity contribution >= 4 is 21.7 Å². The summed E-state index contributed by atoms with van der Waals surface area (Å²) in [6.07, 6.45) is 5.65. The van der Waals surface area contributed by atoms with Crippen LogP contribution in [0, 0.1) is 13.8 Å². The number of aromatic nitrogens is 5. The van der Waals surface area contributed by atoms with Crippen LogP contribution in [0.1, 0.15) is 35.5 Å². The van der Waals surface area contributed by atoms with Crippen LogP contribution < -0.4 is 5.32 Å². The van der Waals surface area contributed by atoms with Crippen LogP contribution in [-0.4, -0.2) is 50.5 Å². The predicted molar refractivity (Wildman–Crippen MR) is 133 cm³/mol. The van der Waals surface area contributed by atoms with Gasteiger partial charge in [0.1, 0.15) is 17.5 Å². The van der Waals surface area contributed by atoms with Crippen LogP contribution in [0.3, 0.4) is 0 Å². The van der Waals surface area contributed by atoms with E-state index >= 15 is 0 Å². The number of sulfonamides is 1. The molecule has 0 bridgehead atoms. The minimum absolute atomic E-state index is 0.316. The van der Waals surface area contributed by atoms with Crippen molar-refractivity contribution < 1.29 is 8.42 Å². The van der Waals surface area contributed by atoms with Gasteiger partial charge in [-0.2, -0.15) is 14.1 Å². The topological polar surface area (TPSA) is 106 Å². The Morgan fingerprint density at radius 3 is 2.57 bits per heavy atom. The fourth-order valence-corrected chi connectivity index (χ4v) is 5.74. The Morgan fingerprint density at radius 1 is 0.971 bits per heavy atom. The maximum absolute atomic E-state index is 13.0. The number of nitrogens with one attached hydrogen (secondary N) is 1. The second-order valence-corrected chi connectivity index (χ2v) is 10.5. The van der Waals surface area contributed by atoms with E-state index < -0.39 is 10.0 Å². The minimum Gasteiger partial charge on any atom is -0.324 e. The summed E-state index contributed by atoms with van der Waals surface area (Å²) in [5.41, 5.74) is 2.73. The lowest BCUT2D eigenvalue weighted by atomic mass is 10.1. The third-order valence-electron chi connectivity index (χ3n) is 6.14. The van der Waals surface area contributed by atoms with Gasteiger partial charge in [0.25, 0.3) is 0 Å². The number of nitrogens with zero attached hydrogens (tertiary/aromatic N) is 6. The Labute approximate surface area is 204 Å². The average molecular weight is 490 g/mol. The molecule has 1 fully saturated rings. The normalized spacial score (nSPS) is 14.3. The molecule has 1 saturated heterocycles. The molecule has 0 spiro atoms. The lowest BCUT2D eigenvalue weighted by Gasteiger charge is -2.16. The molecule has 1 N–H and O–H groups in total. The molecule has 0 aliphatic carbocycles. The molecule has 4 heterocycles. The van der Waals surface area contributed by atoms with Crippen molar-refractivity contribution in [3.63, 3.8) is 0 Å². The highest BCUT2D eigenvalue weighted by Gasteiger charge is 2.27. The number of rotatable bonds is 7. The molecule has 5 rings (SSSR count). The van der Waals surface area contributed by atoms with Gasteiger partial charge >= 0.3 is 0 Å². The summed E-state index contributed by atoms with van der Waals surface area (Å²) in [6.45, 7) is 5.11. The Kier molecular flexibility index (Phi) is 6.31. The third kappa shape index (κ3) is 4.80. The monoisotopic (exact) mass is 489 g/mol. The molecule has 35 heavy (non-hydrogen) atoms. The molecular weight excluding hydrogens is 462 g/mol. The summed E-state index contributed by atoms with van der Waals surface area (Å²) >= 11 is 0. The SMILES string of the molecule is Cc1nn(-c2ccccn2)c(Nc2ccnc(Cc3cccc(S(=O)(=O)N4CCCC4)c3)n2)c1C. The van der Waals surface area contributed by atoms with E-state index in [1.54, 1.807) is 45.6 Å². The lowest BCUT2D eigenvalue weighted by Crippen LogP contribution is -2.27. The first-order valence-electron chi connectivity index (χ1n) is 11.6. The van der Waals surface area contributed by atoms with Gasteiger partial charge in [0.2, 0.25) is 10.0 Å². The number of benzene rings is 1. The van der Waals surface area contributed by atoms with Crippen LogP contribution in [-0.2, 0) is 16.4 Å². The lowest BCUT2D eigenvalue weighted by molar-refractivity contribution is 0.477. The van der Waals surface area contributed by atoms with E-state index in [4.69, 9.17) is 0 Å². The third-order valence-corrected chi connectivity index (χ3v) is 8.04. The molecule has 1 aromatic carbocycles. The van der Waals surface area contributed by atoms with Gasteiger partial charge in [-0.3, -0.25) is 0 Å². The van der Waals surface area contributed by atoms with Crippen LogP contribution >= 0.6 is 0 Å².